The van der Waals surface area contributed by atoms with E-state index in [2.05, 4.69) is 42.1 Å². The third kappa shape index (κ3) is 6.37. The van der Waals surface area contributed by atoms with E-state index in [1.165, 1.54) is 22.1 Å². The molecule has 1 aromatic heterocycles. The van der Waals surface area contributed by atoms with Crippen molar-refractivity contribution < 1.29 is 19.1 Å². The molecule has 0 aliphatic rings. The maximum absolute atomic E-state index is 11.7. The fraction of sp³-hybridized carbons (Fsp3) is 0.545. The second-order valence-electron chi connectivity index (χ2n) is 7.02. The average Bonchev–Trinajstić information content (AvgIpc) is 3.04. The summed E-state index contributed by atoms with van der Waals surface area (Å²) in [6, 6.07) is 4.35. The molecule has 1 N–H and O–H groups in total. The molecule has 0 bridgehead atoms. The lowest BCUT2D eigenvalue weighted by Gasteiger charge is -2.21. The summed E-state index contributed by atoms with van der Waals surface area (Å²) in [5, 5.41) is 1.27. The highest BCUT2D eigenvalue weighted by molar-refractivity contribution is 5.87. The van der Waals surface area contributed by atoms with E-state index < -0.39 is 0 Å². The molecule has 0 aliphatic carbocycles. The van der Waals surface area contributed by atoms with Crippen LogP contribution in [0.25, 0.3) is 10.9 Å². The Balaban J connectivity index is 2.02. The Bertz CT molecular complexity index is 775. The van der Waals surface area contributed by atoms with Gasteiger partial charge in [0.05, 0.1) is 26.1 Å². The minimum Gasteiger partial charge on any atom is -0.466 e. The molecule has 2 rings (SSSR count). The number of ether oxygens (including phenoxy) is 2. The zero-order chi connectivity index (χ0) is 20.5. The number of nitrogens with one attached hydrogen (secondary N) is 1. The molecule has 28 heavy (non-hydrogen) atoms. The second-order valence-corrected chi connectivity index (χ2v) is 7.02. The van der Waals surface area contributed by atoms with Gasteiger partial charge in [-0.05, 0) is 56.9 Å². The largest absolute Gasteiger partial charge is 0.466 e. The van der Waals surface area contributed by atoms with E-state index in [-0.39, 0.29) is 11.9 Å². The molecule has 0 amide bonds. The number of H-pyrrole nitrogens is 1. The number of hydrogen-bond acceptors (Lipinski definition) is 5. The van der Waals surface area contributed by atoms with Crippen molar-refractivity contribution in [2.75, 3.05) is 32.8 Å². The Labute approximate surface area is 167 Å². The van der Waals surface area contributed by atoms with Gasteiger partial charge in [0.15, 0.2) is 0 Å². The fourth-order valence-electron chi connectivity index (χ4n) is 3.52. The van der Waals surface area contributed by atoms with E-state index in [0.29, 0.717) is 39.1 Å². The van der Waals surface area contributed by atoms with Crippen LogP contribution in [0.4, 0.5) is 0 Å². The Morgan fingerprint density at radius 3 is 2.14 bits per heavy atom. The number of aromatic nitrogens is 1. The molecule has 0 radical (unpaired) electrons. The monoisotopic (exact) mass is 388 g/mol. The third-order valence-electron chi connectivity index (χ3n) is 4.78. The summed E-state index contributed by atoms with van der Waals surface area (Å²) < 4.78 is 10.1. The van der Waals surface area contributed by atoms with Gasteiger partial charge in [-0.25, -0.2) is 0 Å². The van der Waals surface area contributed by atoms with E-state index in [1.807, 2.05) is 0 Å². The maximum Gasteiger partial charge on any atom is 0.307 e. The van der Waals surface area contributed by atoms with E-state index in [1.54, 1.807) is 13.8 Å². The number of esters is 2. The van der Waals surface area contributed by atoms with Crippen molar-refractivity contribution >= 4 is 22.8 Å². The number of fused-ring (bicyclic) bond motifs is 1. The van der Waals surface area contributed by atoms with Crippen LogP contribution in [-0.4, -0.2) is 54.7 Å². The van der Waals surface area contributed by atoms with Crippen LogP contribution in [0, 0.1) is 13.8 Å². The van der Waals surface area contributed by atoms with Crippen LogP contribution in [-0.2, 0) is 25.5 Å². The van der Waals surface area contributed by atoms with Gasteiger partial charge in [0.1, 0.15) is 0 Å². The number of carbonyl (C=O) groups excluding carboxylic acids is 2. The van der Waals surface area contributed by atoms with Crippen molar-refractivity contribution in [2.24, 2.45) is 0 Å². The van der Waals surface area contributed by atoms with Crippen molar-refractivity contribution in [2.45, 2.75) is 47.0 Å². The lowest BCUT2D eigenvalue weighted by atomic mass is 10.0. The van der Waals surface area contributed by atoms with Gasteiger partial charge < -0.3 is 19.4 Å². The molecule has 1 heterocycles. The van der Waals surface area contributed by atoms with Crippen LogP contribution in [0.3, 0.4) is 0 Å². The number of carbonyl (C=O) groups is 2. The smallest absolute Gasteiger partial charge is 0.307 e. The summed E-state index contributed by atoms with van der Waals surface area (Å²) in [4.78, 5) is 28.9. The molecule has 0 atom stereocenters. The van der Waals surface area contributed by atoms with Gasteiger partial charge in [0, 0.05) is 36.7 Å². The quantitative estimate of drug-likeness (QED) is 0.596. The zero-order valence-corrected chi connectivity index (χ0v) is 17.5. The van der Waals surface area contributed by atoms with Crippen LogP contribution in [0.5, 0.6) is 0 Å². The highest BCUT2D eigenvalue weighted by atomic mass is 16.5. The van der Waals surface area contributed by atoms with Crippen LogP contribution >= 0.6 is 0 Å². The highest BCUT2D eigenvalue weighted by Crippen LogP contribution is 2.24. The topological polar surface area (TPSA) is 71.6 Å². The predicted octanol–water partition coefficient (Wildman–Crippen LogP) is 3.54. The summed E-state index contributed by atoms with van der Waals surface area (Å²) in [7, 11) is 0. The first-order chi connectivity index (χ1) is 13.4. The van der Waals surface area contributed by atoms with Crippen molar-refractivity contribution in [3.8, 4) is 0 Å². The summed E-state index contributed by atoms with van der Waals surface area (Å²) in [5.74, 6) is -0.413. The SMILES string of the molecule is CCOC(=O)CCN(CCC(=O)OCC)CCc1c[nH]c2cc(C)cc(C)c12. The summed E-state index contributed by atoms with van der Waals surface area (Å²) in [6.07, 6.45) is 3.55. The molecule has 6 nitrogen and oxygen atoms in total. The fourth-order valence-corrected chi connectivity index (χ4v) is 3.52. The summed E-state index contributed by atoms with van der Waals surface area (Å²) in [6.45, 7) is 10.5. The van der Waals surface area contributed by atoms with E-state index in [4.69, 9.17) is 9.47 Å². The van der Waals surface area contributed by atoms with Gasteiger partial charge >= 0.3 is 11.9 Å². The van der Waals surface area contributed by atoms with Gasteiger partial charge in [0.2, 0.25) is 0 Å². The molecule has 6 heteroatoms. The molecule has 0 fully saturated rings. The normalized spacial score (nSPS) is 11.2. The zero-order valence-electron chi connectivity index (χ0n) is 17.5. The maximum atomic E-state index is 11.7. The number of aromatic amines is 1. The molecule has 0 aliphatic heterocycles. The molecule has 0 unspecified atom stereocenters. The Morgan fingerprint density at radius 1 is 0.964 bits per heavy atom. The molecule has 0 saturated heterocycles. The third-order valence-corrected chi connectivity index (χ3v) is 4.78. The van der Waals surface area contributed by atoms with Gasteiger partial charge in [-0.15, -0.1) is 0 Å². The van der Waals surface area contributed by atoms with Crippen LogP contribution < -0.4 is 0 Å². The van der Waals surface area contributed by atoms with Crippen molar-refractivity contribution in [1.82, 2.24) is 9.88 Å². The number of nitrogens with zero attached hydrogens (tertiary/aromatic N) is 1. The van der Waals surface area contributed by atoms with E-state index in [9.17, 15) is 9.59 Å². The van der Waals surface area contributed by atoms with Gasteiger partial charge in [-0.3, -0.25) is 9.59 Å². The lowest BCUT2D eigenvalue weighted by Crippen LogP contribution is -2.31. The second kappa shape index (κ2) is 10.9. The standard InChI is InChI=1S/C22H32N2O4/c1-5-27-20(25)8-11-24(12-9-21(26)28-6-2)10-7-18-15-23-19-14-16(3)13-17(4)22(18)19/h13-15,23H,5-12H2,1-4H3. The molecule has 1 aromatic carbocycles. The van der Waals surface area contributed by atoms with Crippen molar-refractivity contribution in [1.29, 1.82) is 0 Å². The highest BCUT2D eigenvalue weighted by Gasteiger charge is 2.14. The number of aryl methyl sites for hydroxylation is 2. The molecular weight excluding hydrogens is 356 g/mol. The van der Waals surface area contributed by atoms with Crippen molar-refractivity contribution in [3.63, 3.8) is 0 Å². The van der Waals surface area contributed by atoms with E-state index in [0.717, 1.165) is 18.5 Å². The van der Waals surface area contributed by atoms with Crippen LogP contribution in [0.15, 0.2) is 18.3 Å². The first-order valence-electron chi connectivity index (χ1n) is 10.0. The molecule has 0 saturated carbocycles. The first-order valence-corrected chi connectivity index (χ1v) is 10.0. The van der Waals surface area contributed by atoms with Gasteiger partial charge in [0.25, 0.3) is 0 Å². The predicted molar refractivity (Wildman–Crippen MR) is 110 cm³/mol. The Hall–Kier alpha value is -2.34. The van der Waals surface area contributed by atoms with Gasteiger partial charge in [-0.1, -0.05) is 6.07 Å². The molecule has 0 spiro atoms. The van der Waals surface area contributed by atoms with Crippen LogP contribution in [0.2, 0.25) is 0 Å². The Morgan fingerprint density at radius 2 is 1.57 bits per heavy atom. The van der Waals surface area contributed by atoms with Crippen LogP contribution in [0.1, 0.15) is 43.4 Å². The number of rotatable bonds is 11. The lowest BCUT2D eigenvalue weighted by molar-refractivity contribution is -0.143. The summed E-state index contributed by atoms with van der Waals surface area (Å²) >= 11 is 0. The minimum absolute atomic E-state index is 0.206. The van der Waals surface area contributed by atoms with Gasteiger partial charge in [-0.2, -0.15) is 0 Å². The minimum atomic E-state index is -0.206. The first kappa shape index (κ1) is 22.0. The molecule has 154 valence electrons. The van der Waals surface area contributed by atoms with Crippen molar-refractivity contribution in [3.05, 3.63) is 35.0 Å². The molecule has 2 aromatic rings. The molecular formula is C22H32N2O4. The number of benzene rings is 1. The Kier molecular flexibility index (Phi) is 8.51. The summed E-state index contributed by atoms with van der Waals surface area (Å²) in [5.41, 5.74) is 4.90. The number of hydrogen-bond donors (Lipinski definition) is 1. The average molecular weight is 389 g/mol. The van der Waals surface area contributed by atoms with E-state index >= 15 is 0 Å².